The fraction of sp³-hybridized carbons (Fsp3) is 0. The lowest BCUT2D eigenvalue weighted by molar-refractivity contribution is 0.669. The molecule has 0 unspecified atom stereocenters. The molecule has 0 bridgehead atoms. The summed E-state index contributed by atoms with van der Waals surface area (Å²) in [5.41, 5.74) is 14.6. The van der Waals surface area contributed by atoms with Crippen LogP contribution in [0.5, 0.6) is 0 Å². The fourth-order valence-electron chi connectivity index (χ4n) is 7.78. The van der Waals surface area contributed by atoms with Crippen molar-refractivity contribution >= 4 is 49.8 Å². The summed E-state index contributed by atoms with van der Waals surface area (Å²) in [6.45, 7) is 0. The molecule has 10 aromatic rings. The van der Waals surface area contributed by atoms with Crippen LogP contribution >= 0.6 is 0 Å². The maximum Gasteiger partial charge on any atom is 0.137 e. The van der Waals surface area contributed by atoms with Gasteiger partial charge in [-0.2, -0.15) is 0 Å². The van der Waals surface area contributed by atoms with Gasteiger partial charge in [0.15, 0.2) is 0 Å². The molecule has 9 aromatic carbocycles. The Kier molecular flexibility index (Phi) is 7.85. The molecule has 0 saturated carbocycles. The summed E-state index contributed by atoms with van der Waals surface area (Å²) >= 11 is 0. The minimum absolute atomic E-state index is 0.876. The summed E-state index contributed by atoms with van der Waals surface area (Å²) in [4.78, 5) is 2.30. The zero-order valence-electron chi connectivity index (χ0n) is 29.6. The average molecular weight is 690 g/mol. The van der Waals surface area contributed by atoms with Gasteiger partial charge in [0.05, 0.1) is 0 Å². The lowest BCUT2D eigenvalue weighted by Crippen LogP contribution is -2.09. The van der Waals surface area contributed by atoms with Gasteiger partial charge in [-0.3, -0.25) is 0 Å². The maximum atomic E-state index is 6.31. The van der Waals surface area contributed by atoms with Crippen LogP contribution < -0.4 is 4.90 Å². The largest absolute Gasteiger partial charge is 0.456 e. The highest BCUT2D eigenvalue weighted by Gasteiger charge is 2.16. The molecule has 54 heavy (non-hydrogen) atoms. The molecule has 0 atom stereocenters. The Balaban J connectivity index is 0.975. The summed E-state index contributed by atoms with van der Waals surface area (Å²) in [5.74, 6) is 0. The zero-order chi connectivity index (χ0) is 35.8. The first-order chi connectivity index (χ1) is 26.7. The molecule has 0 aliphatic heterocycles. The monoisotopic (exact) mass is 689 g/mol. The summed E-state index contributed by atoms with van der Waals surface area (Å²) in [6.07, 6.45) is 0. The van der Waals surface area contributed by atoms with Gasteiger partial charge >= 0.3 is 0 Å². The van der Waals surface area contributed by atoms with Crippen LogP contribution in [0.2, 0.25) is 0 Å². The Hall–Kier alpha value is -7.16. The summed E-state index contributed by atoms with van der Waals surface area (Å²) in [6, 6.07) is 75.9. The van der Waals surface area contributed by atoms with E-state index in [2.05, 4.69) is 205 Å². The van der Waals surface area contributed by atoms with E-state index < -0.39 is 0 Å². The Morgan fingerprint density at radius 2 is 0.796 bits per heavy atom. The van der Waals surface area contributed by atoms with Gasteiger partial charge in [-0.15, -0.1) is 0 Å². The van der Waals surface area contributed by atoms with E-state index in [-0.39, 0.29) is 0 Å². The Bertz CT molecular complexity index is 2930. The molecule has 1 heterocycles. The fourth-order valence-corrected chi connectivity index (χ4v) is 7.78. The van der Waals surface area contributed by atoms with Crippen molar-refractivity contribution in [2.24, 2.45) is 0 Å². The van der Waals surface area contributed by atoms with E-state index in [9.17, 15) is 0 Å². The Morgan fingerprint density at radius 1 is 0.278 bits per heavy atom. The molecule has 10 rings (SSSR count). The van der Waals surface area contributed by atoms with Gasteiger partial charge in [0.1, 0.15) is 11.2 Å². The summed E-state index contributed by atoms with van der Waals surface area (Å²) in [7, 11) is 0. The third kappa shape index (κ3) is 5.81. The van der Waals surface area contributed by atoms with Crippen LogP contribution in [0, 0.1) is 0 Å². The lowest BCUT2D eigenvalue weighted by Gasteiger charge is -2.26. The molecule has 0 fully saturated rings. The van der Waals surface area contributed by atoms with Crippen molar-refractivity contribution in [3.8, 4) is 44.5 Å². The third-order valence-corrected chi connectivity index (χ3v) is 10.4. The molecule has 0 aliphatic rings. The SMILES string of the molecule is c1ccc(N(c2cccc(-c3cccc(-c4cccc(-c5ccc(-c6cccc7ccccc67)cc5)c4)c3)c2)c2ccc3c(c2)oc2ccccc23)cc1. The van der Waals surface area contributed by atoms with E-state index in [1.165, 1.54) is 49.7 Å². The number of benzene rings is 9. The second-order valence-corrected chi connectivity index (χ2v) is 13.8. The molecule has 0 amide bonds. The van der Waals surface area contributed by atoms with Crippen LogP contribution in [-0.2, 0) is 0 Å². The molecular weight excluding hydrogens is 655 g/mol. The predicted molar refractivity (Wildman–Crippen MR) is 228 cm³/mol. The van der Waals surface area contributed by atoms with Gasteiger partial charge in [-0.25, -0.2) is 0 Å². The van der Waals surface area contributed by atoms with E-state index in [0.29, 0.717) is 0 Å². The first-order valence-corrected chi connectivity index (χ1v) is 18.4. The molecule has 0 spiro atoms. The van der Waals surface area contributed by atoms with Gasteiger partial charge in [-0.05, 0) is 110 Å². The second-order valence-electron chi connectivity index (χ2n) is 13.8. The minimum atomic E-state index is 0.876. The number of hydrogen-bond donors (Lipinski definition) is 0. The van der Waals surface area contributed by atoms with Crippen LogP contribution in [-0.4, -0.2) is 0 Å². The highest BCUT2D eigenvalue weighted by Crippen LogP contribution is 2.40. The van der Waals surface area contributed by atoms with Gasteiger partial charge in [-0.1, -0.05) is 152 Å². The quantitative estimate of drug-likeness (QED) is 0.166. The molecule has 0 aliphatic carbocycles. The van der Waals surface area contributed by atoms with Crippen molar-refractivity contribution in [3.63, 3.8) is 0 Å². The van der Waals surface area contributed by atoms with Crippen LogP contribution in [0.3, 0.4) is 0 Å². The minimum Gasteiger partial charge on any atom is -0.456 e. The number of furan rings is 1. The standard InChI is InChI=1S/C52H35NO/c1-2-19-44(20-3-1)53(46-30-31-50-49-23-6-7-25-51(49)54-52(50)35-46)45-21-10-18-43(34-45)42-17-9-16-41(33-42)40-15-8-14-39(32-40)36-26-28-38(29-27-36)48-24-11-13-37-12-4-5-22-47(37)48/h1-35H. The number of nitrogens with zero attached hydrogens (tertiary/aromatic N) is 1. The molecule has 0 N–H and O–H groups in total. The van der Waals surface area contributed by atoms with E-state index in [0.717, 1.165) is 44.6 Å². The first kappa shape index (κ1) is 31.6. The normalized spacial score (nSPS) is 11.3. The van der Waals surface area contributed by atoms with E-state index in [1.807, 2.05) is 12.1 Å². The number of hydrogen-bond acceptors (Lipinski definition) is 2. The topological polar surface area (TPSA) is 16.4 Å². The first-order valence-electron chi connectivity index (χ1n) is 18.4. The highest BCUT2D eigenvalue weighted by molar-refractivity contribution is 6.06. The van der Waals surface area contributed by atoms with Crippen molar-refractivity contribution in [1.29, 1.82) is 0 Å². The van der Waals surface area contributed by atoms with Gasteiger partial charge in [0, 0.05) is 33.9 Å². The molecule has 254 valence electrons. The van der Waals surface area contributed by atoms with Crippen molar-refractivity contribution in [3.05, 3.63) is 212 Å². The average Bonchev–Trinajstić information content (AvgIpc) is 3.62. The maximum absolute atomic E-state index is 6.31. The van der Waals surface area contributed by atoms with Crippen LogP contribution in [0.4, 0.5) is 17.1 Å². The summed E-state index contributed by atoms with van der Waals surface area (Å²) < 4.78 is 6.31. The van der Waals surface area contributed by atoms with Gasteiger partial charge in [0.25, 0.3) is 0 Å². The van der Waals surface area contributed by atoms with E-state index in [4.69, 9.17) is 4.42 Å². The number of rotatable bonds is 7. The van der Waals surface area contributed by atoms with Crippen LogP contribution in [0.15, 0.2) is 217 Å². The van der Waals surface area contributed by atoms with Crippen molar-refractivity contribution in [2.45, 2.75) is 0 Å². The number of para-hydroxylation sites is 2. The predicted octanol–water partition coefficient (Wildman–Crippen LogP) is 14.9. The Labute approximate surface area is 314 Å². The van der Waals surface area contributed by atoms with E-state index >= 15 is 0 Å². The number of fused-ring (bicyclic) bond motifs is 4. The lowest BCUT2D eigenvalue weighted by atomic mass is 9.94. The Morgan fingerprint density at radius 3 is 1.56 bits per heavy atom. The molecule has 0 radical (unpaired) electrons. The van der Waals surface area contributed by atoms with Crippen molar-refractivity contribution in [1.82, 2.24) is 0 Å². The number of anilines is 3. The molecule has 0 saturated heterocycles. The van der Waals surface area contributed by atoms with Gasteiger partial charge in [0.2, 0.25) is 0 Å². The van der Waals surface area contributed by atoms with Crippen molar-refractivity contribution in [2.75, 3.05) is 4.90 Å². The third-order valence-electron chi connectivity index (χ3n) is 10.4. The smallest absolute Gasteiger partial charge is 0.137 e. The van der Waals surface area contributed by atoms with Gasteiger partial charge < -0.3 is 9.32 Å². The summed E-state index contributed by atoms with van der Waals surface area (Å²) in [5, 5.41) is 4.79. The highest BCUT2D eigenvalue weighted by atomic mass is 16.3. The molecule has 1 aromatic heterocycles. The van der Waals surface area contributed by atoms with Crippen molar-refractivity contribution < 1.29 is 4.42 Å². The van der Waals surface area contributed by atoms with Crippen LogP contribution in [0.1, 0.15) is 0 Å². The van der Waals surface area contributed by atoms with Crippen LogP contribution in [0.25, 0.3) is 77.2 Å². The molecule has 2 nitrogen and oxygen atoms in total. The zero-order valence-corrected chi connectivity index (χ0v) is 29.6. The van der Waals surface area contributed by atoms with E-state index in [1.54, 1.807) is 0 Å². The second kappa shape index (κ2) is 13.4. The molecule has 2 heteroatoms. The molecular formula is C52H35NO.